The molecule has 2 aromatic rings. The fourth-order valence-electron chi connectivity index (χ4n) is 7.47. The summed E-state index contributed by atoms with van der Waals surface area (Å²) in [6.07, 6.45) is 4.86. The molecule has 350 valence electrons. The SMILES string of the molecule is CCC(C)[C@H](NC(=O)[C@@H](C)Cc1cnc[nH]1)C(=O)C[C@@H](CC(C)C)C(=O)NCc1ccc(CNC(=O)CN2CCN(CC(=O)O)CCN(CC(=O)O)CCN(CC(=O)O)CC2)cc1. The molecule has 2 heterocycles. The van der Waals surface area contributed by atoms with Gasteiger partial charge in [0.2, 0.25) is 17.7 Å². The van der Waals surface area contributed by atoms with Crippen LogP contribution in [0.1, 0.15) is 70.7 Å². The molecule has 1 saturated heterocycles. The number of rotatable bonds is 24. The van der Waals surface area contributed by atoms with Crippen LogP contribution in [-0.2, 0) is 53.1 Å². The lowest BCUT2D eigenvalue weighted by Crippen LogP contribution is -2.49. The number of aromatic amines is 1. The molecule has 1 aromatic carbocycles. The number of carboxylic acid groups (broad SMARTS) is 3. The van der Waals surface area contributed by atoms with E-state index in [4.69, 9.17) is 0 Å². The maximum absolute atomic E-state index is 13.8. The van der Waals surface area contributed by atoms with Gasteiger partial charge in [0, 0.05) is 102 Å². The fraction of sp³-hybridized carbons (Fsp3) is 0.636. The highest BCUT2D eigenvalue weighted by molar-refractivity contribution is 5.93. The van der Waals surface area contributed by atoms with Crippen molar-refractivity contribution >= 4 is 41.4 Å². The number of H-pyrrole nitrogens is 1. The molecule has 0 saturated carbocycles. The van der Waals surface area contributed by atoms with Crippen molar-refractivity contribution in [1.29, 1.82) is 0 Å². The first-order valence-corrected chi connectivity index (χ1v) is 21.9. The molecule has 1 aromatic heterocycles. The number of nitrogens with one attached hydrogen (secondary N) is 4. The van der Waals surface area contributed by atoms with E-state index in [2.05, 4.69) is 25.9 Å². The van der Waals surface area contributed by atoms with Crippen molar-refractivity contribution in [3.8, 4) is 0 Å². The Hall–Kier alpha value is -5.24. The number of imidazole rings is 1. The van der Waals surface area contributed by atoms with Gasteiger partial charge in [0.05, 0.1) is 38.5 Å². The highest BCUT2D eigenvalue weighted by atomic mass is 16.4. The van der Waals surface area contributed by atoms with Crippen LogP contribution in [0.4, 0.5) is 0 Å². The van der Waals surface area contributed by atoms with E-state index in [0.29, 0.717) is 45.4 Å². The topological polar surface area (TPSA) is 258 Å². The first-order chi connectivity index (χ1) is 29.9. The lowest BCUT2D eigenvalue weighted by Gasteiger charge is -2.32. The van der Waals surface area contributed by atoms with Crippen molar-refractivity contribution < 1.29 is 48.9 Å². The first kappa shape index (κ1) is 52.1. The Morgan fingerprint density at radius 2 is 1.14 bits per heavy atom. The van der Waals surface area contributed by atoms with Gasteiger partial charge in [-0.3, -0.25) is 53.2 Å². The van der Waals surface area contributed by atoms with Crippen LogP contribution >= 0.6 is 0 Å². The zero-order valence-corrected chi connectivity index (χ0v) is 37.5. The summed E-state index contributed by atoms with van der Waals surface area (Å²) in [5.74, 6) is -4.94. The number of ketones is 1. The van der Waals surface area contributed by atoms with Gasteiger partial charge in [-0.15, -0.1) is 0 Å². The third kappa shape index (κ3) is 20.2. The second kappa shape index (κ2) is 27.1. The second-order valence-electron chi connectivity index (χ2n) is 17.1. The number of amides is 3. The zero-order valence-electron chi connectivity index (χ0n) is 37.5. The predicted molar refractivity (Wildman–Crippen MR) is 234 cm³/mol. The van der Waals surface area contributed by atoms with Gasteiger partial charge >= 0.3 is 17.9 Å². The monoisotopic (exact) mass is 884 g/mol. The molecule has 3 amide bonds. The van der Waals surface area contributed by atoms with Crippen LogP contribution in [0.5, 0.6) is 0 Å². The summed E-state index contributed by atoms with van der Waals surface area (Å²) in [5, 5.41) is 37.2. The number of carbonyl (C=O) groups is 7. The van der Waals surface area contributed by atoms with E-state index in [9.17, 15) is 48.9 Å². The van der Waals surface area contributed by atoms with E-state index in [1.54, 1.807) is 34.1 Å². The Kier molecular flexibility index (Phi) is 22.4. The molecule has 7 N–H and O–H groups in total. The van der Waals surface area contributed by atoms with Gasteiger partial charge < -0.3 is 36.3 Å². The van der Waals surface area contributed by atoms with Gasteiger partial charge in [0.25, 0.3) is 0 Å². The third-order valence-corrected chi connectivity index (χ3v) is 11.3. The number of aromatic nitrogens is 2. The summed E-state index contributed by atoms with van der Waals surface area (Å²) >= 11 is 0. The Bertz CT molecular complexity index is 1740. The number of benzene rings is 1. The molecule has 1 aliphatic rings. The molecule has 4 atom stereocenters. The van der Waals surface area contributed by atoms with Crippen LogP contribution < -0.4 is 16.0 Å². The Morgan fingerprint density at radius 3 is 1.56 bits per heavy atom. The van der Waals surface area contributed by atoms with Gasteiger partial charge in [-0.2, -0.15) is 0 Å². The predicted octanol–water partition coefficient (Wildman–Crippen LogP) is 1.15. The zero-order chi connectivity index (χ0) is 46.5. The third-order valence-electron chi connectivity index (χ3n) is 11.3. The molecule has 3 rings (SSSR count). The standard InChI is InChI=1S/C44H69N9O10/c1-6-31(4)42(49-43(62)32(5)20-36-24-45-29-48-36)37(54)21-35(19-30(2)3)44(63)47-23-34-9-7-33(8-10-34)22-46-38(55)25-50-11-13-51(26-39(56)57)15-17-53(28-41(60)61)18-16-52(14-12-50)27-40(58)59/h7-10,24,29-32,35,42H,6,11-23,25-28H2,1-5H3,(H,45,48)(H,46,55)(H,47,63)(H,49,62)(H,56,57)(H,58,59)(H,60,61)/t31?,32-,35+,42-/m0/s1. The quantitative estimate of drug-likeness (QED) is 0.0781. The van der Waals surface area contributed by atoms with Gasteiger partial charge in [0.1, 0.15) is 0 Å². The number of aliphatic carboxylic acids is 3. The Balaban J connectivity index is 1.57. The minimum atomic E-state index is -1.03. The average molecular weight is 884 g/mol. The van der Waals surface area contributed by atoms with E-state index in [0.717, 1.165) is 16.8 Å². The van der Waals surface area contributed by atoms with Crippen molar-refractivity contribution in [2.45, 2.75) is 79.4 Å². The minimum absolute atomic E-state index is 0.00118. The van der Waals surface area contributed by atoms with Crippen LogP contribution in [0.2, 0.25) is 0 Å². The minimum Gasteiger partial charge on any atom is -0.480 e. The van der Waals surface area contributed by atoms with Crippen molar-refractivity contribution in [2.75, 3.05) is 78.5 Å². The number of carboxylic acids is 3. The van der Waals surface area contributed by atoms with E-state index in [1.807, 2.05) is 56.9 Å². The number of hydrogen-bond acceptors (Lipinski definition) is 12. The van der Waals surface area contributed by atoms with Crippen LogP contribution in [0.15, 0.2) is 36.8 Å². The molecular weight excluding hydrogens is 815 g/mol. The van der Waals surface area contributed by atoms with E-state index in [-0.39, 0.29) is 113 Å². The smallest absolute Gasteiger partial charge is 0.317 e. The molecule has 1 fully saturated rings. The summed E-state index contributed by atoms with van der Waals surface area (Å²) in [5.41, 5.74) is 2.47. The molecule has 19 heteroatoms. The van der Waals surface area contributed by atoms with E-state index >= 15 is 0 Å². The van der Waals surface area contributed by atoms with Crippen molar-refractivity contribution in [3.05, 3.63) is 53.6 Å². The fourth-order valence-corrected chi connectivity index (χ4v) is 7.47. The van der Waals surface area contributed by atoms with Crippen LogP contribution in [0, 0.1) is 23.7 Å². The van der Waals surface area contributed by atoms with Crippen molar-refractivity contribution in [3.63, 3.8) is 0 Å². The van der Waals surface area contributed by atoms with Crippen LogP contribution in [0.25, 0.3) is 0 Å². The van der Waals surface area contributed by atoms with Gasteiger partial charge in [-0.1, -0.05) is 65.3 Å². The molecular formula is C44H69N9O10. The number of hydrogen-bond donors (Lipinski definition) is 7. The van der Waals surface area contributed by atoms with E-state index in [1.165, 1.54) is 0 Å². The van der Waals surface area contributed by atoms with Gasteiger partial charge in [-0.25, -0.2) is 4.98 Å². The molecule has 63 heavy (non-hydrogen) atoms. The van der Waals surface area contributed by atoms with Crippen LogP contribution in [-0.4, -0.2) is 171 Å². The van der Waals surface area contributed by atoms with Gasteiger partial charge in [0.15, 0.2) is 5.78 Å². The normalized spacial score (nSPS) is 17.0. The number of Topliss-reactive ketones (excluding diaryl/α,β-unsaturated/α-hetero) is 1. The summed E-state index contributed by atoms with van der Waals surface area (Å²) < 4.78 is 0. The number of nitrogens with zero attached hydrogens (tertiary/aromatic N) is 5. The van der Waals surface area contributed by atoms with Crippen LogP contribution in [0.3, 0.4) is 0 Å². The molecule has 19 nitrogen and oxygen atoms in total. The first-order valence-electron chi connectivity index (χ1n) is 21.9. The molecule has 0 radical (unpaired) electrons. The largest absolute Gasteiger partial charge is 0.480 e. The Morgan fingerprint density at radius 1 is 0.683 bits per heavy atom. The second-order valence-corrected chi connectivity index (χ2v) is 17.1. The molecule has 1 unspecified atom stereocenters. The average Bonchev–Trinajstić information content (AvgIpc) is 3.74. The highest BCUT2D eigenvalue weighted by Crippen LogP contribution is 2.21. The number of carbonyl (C=O) groups excluding carboxylic acids is 4. The summed E-state index contributed by atoms with van der Waals surface area (Å²) in [7, 11) is 0. The molecule has 1 aliphatic heterocycles. The summed E-state index contributed by atoms with van der Waals surface area (Å²) in [6, 6.07) is 6.68. The summed E-state index contributed by atoms with van der Waals surface area (Å²) in [4.78, 5) is 102. The molecule has 0 bridgehead atoms. The maximum Gasteiger partial charge on any atom is 0.317 e. The highest BCUT2D eigenvalue weighted by Gasteiger charge is 2.32. The van der Waals surface area contributed by atoms with Crippen molar-refractivity contribution in [2.24, 2.45) is 23.7 Å². The lowest BCUT2D eigenvalue weighted by molar-refractivity contribution is -0.140. The maximum atomic E-state index is 13.8. The van der Waals surface area contributed by atoms with Gasteiger partial charge in [-0.05, 0) is 29.4 Å². The molecule has 0 aliphatic carbocycles. The lowest BCUT2D eigenvalue weighted by atomic mass is 9.86. The Labute approximate surface area is 370 Å². The summed E-state index contributed by atoms with van der Waals surface area (Å²) in [6.45, 7) is 11.8. The van der Waals surface area contributed by atoms with E-state index < -0.39 is 29.9 Å². The van der Waals surface area contributed by atoms with Crippen molar-refractivity contribution in [1.82, 2.24) is 45.5 Å². The molecule has 0 spiro atoms.